The predicted molar refractivity (Wildman–Crippen MR) is 81.2 cm³/mol. The minimum absolute atomic E-state index is 0.0139. The number of nitrogens with one attached hydrogen (secondary N) is 1. The number of thiophene rings is 1. The fourth-order valence-electron chi connectivity index (χ4n) is 2.81. The molecule has 1 saturated carbocycles. The predicted octanol–water partition coefficient (Wildman–Crippen LogP) is 4.18. The van der Waals surface area contributed by atoms with Gasteiger partial charge >= 0.3 is 0 Å². The molecule has 0 spiro atoms. The normalized spacial score (nSPS) is 17.7. The molecular weight excluding hydrogens is 278 g/mol. The number of carbonyl (C=O) groups is 1. The zero-order valence-corrected chi connectivity index (χ0v) is 12.2. The van der Waals surface area contributed by atoms with Gasteiger partial charge in [0.25, 0.3) is 5.91 Å². The number of benzene rings is 1. The summed E-state index contributed by atoms with van der Waals surface area (Å²) >= 11 is 7.69. The average molecular weight is 294 g/mol. The number of alkyl halides is 1. The third-order valence-electron chi connectivity index (χ3n) is 3.92. The lowest BCUT2D eigenvalue weighted by atomic mass is 9.99. The molecule has 0 unspecified atom stereocenters. The van der Waals surface area contributed by atoms with Crippen LogP contribution in [0, 0.1) is 0 Å². The standard InChI is InChI=1S/C15H16ClNOS/c16-10-15(7-3-4-8-15)17-14(18)12-9-19-13-6-2-1-5-11(12)13/h1-2,5-6,9H,3-4,7-8,10H2,(H,17,18). The summed E-state index contributed by atoms with van der Waals surface area (Å²) in [5.74, 6) is 0.515. The Morgan fingerprint density at radius 2 is 2.05 bits per heavy atom. The summed E-state index contributed by atoms with van der Waals surface area (Å²) in [5, 5.41) is 6.15. The summed E-state index contributed by atoms with van der Waals surface area (Å²) in [6.07, 6.45) is 4.28. The van der Waals surface area contributed by atoms with Gasteiger partial charge in [-0.2, -0.15) is 0 Å². The monoisotopic (exact) mass is 293 g/mol. The maximum atomic E-state index is 12.5. The smallest absolute Gasteiger partial charge is 0.253 e. The summed E-state index contributed by atoms with van der Waals surface area (Å²) in [5.41, 5.74) is 0.582. The van der Waals surface area contributed by atoms with Gasteiger partial charge in [0, 0.05) is 21.3 Å². The number of halogens is 1. The zero-order chi connectivity index (χ0) is 13.3. The summed E-state index contributed by atoms with van der Waals surface area (Å²) in [6, 6.07) is 8.02. The third-order valence-corrected chi connectivity index (χ3v) is 5.40. The molecule has 4 heteroatoms. The van der Waals surface area contributed by atoms with Crippen LogP contribution < -0.4 is 5.32 Å². The Morgan fingerprint density at radius 3 is 2.79 bits per heavy atom. The maximum absolute atomic E-state index is 12.5. The van der Waals surface area contributed by atoms with Crippen molar-refractivity contribution in [3.05, 3.63) is 35.2 Å². The molecular formula is C15H16ClNOS. The molecule has 0 radical (unpaired) electrons. The van der Waals surface area contributed by atoms with Crippen molar-refractivity contribution in [2.45, 2.75) is 31.2 Å². The van der Waals surface area contributed by atoms with Crippen molar-refractivity contribution in [2.75, 3.05) is 5.88 Å². The molecule has 19 heavy (non-hydrogen) atoms. The summed E-state index contributed by atoms with van der Waals surface area (Å²) in [4.78, 5) is 12.5. The first-order valence-electron chi connectivity index (χ1n) is 6.59. The van der Waals surface area contributed by atoms with E-state index in [-0.39, 0.29) is 11.4 Å². The number of carbonyl (C=O) groups excluding carboxylic acids is 1. The fourth-order valence-corrected chi connectivity index (χ4v) is 4.08. The molecule has 0 aliphatic heterocycles. The first kappa shape index (κ1) is 12.9. The minimum Gasteiger partial charge on any atom is -0.345 e. The van der Waals surface area contributed by atoms with Gasteiger partial charge in [0.05, 0.1) is 11.1 Å². The van der Waals surface area contributed by atoms with Gasteiger partial charge in [0.15, 0.2) is 0 Å². The molecule has 0 saturated heterocycles. The van der Waals surface area contributed by atoms with E-state index in [1.165, 1.54) is 0 Å². The van der Waals surface area contributed by atoms with E-state index in [1.807, 2.05) is 29.6 Å². The molecule has 2 aromatic rings. The fraction of sp³-hybridized carbons (Fsp3) is 0.400. The minimum atomic E-state index is -0.193. The van der Waals surface area contributed by atoms with E-state index in [1.54, 1.807) is 11.3 Å². The largest absolute Gasteiger partial charge is 0.345 e. The molecule has 1 aromatic carbocycles. The molecule has 0 atom stereocenters. The van der Waals surface area contributed by atoms with Crippen LogP contribution in [0.4, 0.5) is 0 Å². The topological polar surface area (TPSA) is 29.1 Å². The van der Waals surface area contributed by atoms with E-state index in [0.717, 1.165) is 41.3 Å². The van der Waals surface area contributed by atoms with Crippen molar-refractivity contribution in [3.63, 3.8) is 0 Å². The van der Waals surface area contributed by atoms with E-state index >= 15 is 0 Å². The Morgan fingerprint density at radius 1 is 1.32 bits per heavy atom. The van der Waals surface area contributed by atoms with Gasteiger partial charge in [-0.25, -0.2) is 0 Å². The zero-order valence-electron chi connectivity index (χ0n) is 10.6. The van der Waals surface area contributed by atoms with Crippen LogP contribution in [-0.2, 0) is 0 Å². The number of rotatable bonds is 3. The van der Waals surface area contributed by atoms with E-state index < -0.39 is 0 Å². The van der Waals surface area contributed by atoms with E-state index in [0.29, 0.717) is 5.88 Å². The van der Waals surface area contributed by atoms with Gasteiger partial charge in [-0.05, 0) is 18.9 Å². The Kier molecular flexibility index (Phi) is 3.50. The second-order valence-corrected chi connectivity index (χ2v) is 6.40. The van der Waals surface area contributed by atoms with Crippen LogP contribution in [0.1, 0.15) is 36.0 Å². The van der Waals surface area contributed by atoms with Crippen molar-refractivity contribution in [2.24, 2.45) is 0 Å². The first-order chi connectivity index (χ1) is 9.24. The van der Waals surface area contributed by atoms with Gasteiger partial charge in [0.2, 0.25) is 0 Å². The molecule has 1 aliphatic rings. The molecule has 1 N–H and O–H groups in total. The lowest BCUT2D eigenvalue weighted by Crippen LogP contribution is -2.47. The van der Waals surface area contributed by atoms with Crippen molar-refractivity contribution in [1.82, 2.24) is 5.32 Å². The molecule has 1 fully saturated rings. The third kappa shape index (κ3) is 2.37. The second-order valence-electron chi connectivity index (χ2n) is 5.22. The van der Waals surface area contributed by atoms with E-state index in [4.69, 9.17) is 11.6 Å². The van der Waals surface area contributed by atoms with Crippen LogP contribution >= 0.6 is 22.9 Å². The quantitative estimate of drug-likeness (QED) is 0.845. The molecule has 1 aliphatic carbocycles. The van der Waals surface area contributed by atoms with Gasteiger partial charge < -0.3 is 5.32 Å². The Hall–Kier alpha value is -1.06. The lowest BCUT2D eigenvalue weighted by Gasteiger charge is -2.27. The highest BCUT2D eigenvalue weighted by Crippen LogP contribution is 2.32. The highest BCUT2D eigenvalue weighted by molar-refractivity contribution is 7.17. The summed E-state index contributed by atoms with van der Waals surface area (Å²) in [6.45, 7) is 0. The van der Waals surface area contributed by atoms with Crippen molar-refractivity contribution in [1.29, 1.82) is 0 Å². The Bertz CT molecular complexity index is 601. The molecule has 1 aromatic heterocycles. The average Bonchev–Trinajstić information content (AvgIpc) is 3.05. The Balaban J connectivity index is 1.88. The van der Waals surface area contributed by atoms with E-state index in [9.17, 15) is 4.79 Å². The van der Waals surface area contributed by atoms with Crippen LogP contribution in [0.5, 0.6) is 0 Å². The molecule has 1 heterocycles. The van der Waals surface area contributed by atoms with Crippen molar-refractivity contribution >= 4 is 38.9 Å². The van der Waals surface area contributed by atoms with Crippen LogP contribution in [0.25, 0.3) is 10.1 Å². The molecule has 1 amide bonds. The number of fused-ring (bicyclic) bond motifs is 1. The summed E-state index contributed by atoms with van der Waals surface area (Å²) in [7, 11) is 0. The van der Waals surface area contributed by atoms with Gasteiger partial charge in [-0.1, -0.05) is 31.0 Å². The van der Waals surface area contributed by atoms with Gasteiger partial charge in [-0.15, -0.1) is 22.9 Å². The SMILES string of the molecule is O=C(NC1(CCl)CCCC1)c1csc2ccccc12. The molecule has 0 bridgehead atoms. The maximum Gasteiger partial charge on any atom is 0.253 e. The van der Waals surface area contributed by atoms with Gasteiger partial charge in [-0.3, -0.25) is 4.79 Å². The van der Waals surface area contributed by atoms with Crippen LogP contribution in [0.3, 0.4) is 0 Å². The second kappa shape index (κ2) is 5.14. The van der Waals surface area contributed by atoms with Gasteiger partial charge in [0.1, 0.15) is 0 Å². The highest BCUT2D eigenvalue weighted by atomic mass is 35.5. The highest BCUT2D eigenvalue weighted by Gasteiger charge is 2.35. The van der Waals surface area contributed by atoms with Crippen LogP contribution in [0.2, 0.25) is 0 Å². The number of hydrogen-bond acceptors (Lipinski definition) is 2. The van der Waals surface area contributed by atoms with Crippen LogP contribution in [-0.4, -0.2) is 17.3 Å². The Labute approximate surface area is 121 Å². The van der Waals surface area contributed by atoms with E-state index in [2.05, 4.69) is 5.32 Å². The van der Waals surface area contributed by atoms with Crippen molar-refractivity contribution in [3.8, 4) is 0 Å². The van der Waals surface area contributed by atoms with Crippen molar-refractivity contribution < 1.29 is 4.79 Å². The lowest BCUT2D eigenvalue weighted by molar-refractivity contribution is 0.0911. The molecule has 100 valence electrons. The van der Waals surface area contributed by atoms with Crippen LogP contribution in [0.15, 0.2) is 29.6 Å². The molecule has 2 nitrogen and oxygen atoms in total. The summed E-state index contributed by atoms with van der Waals surface area (Å²) < 4.78 is 1.15. The first-order valence-corrected chi connectivity index (χ1v) is 8.00. The number of hydrogen-bond donors (Lipinski definition) is 1. The number of amides is 1. The molecule has 3 rings (SSSR count).